The van der Waals surface area contributed by atoms with Crippen LogP contribution in [0.4, 0.5) is 22.7 Å². The standard InChI is InChI=1S/C52H42N4O5/c1-55(2)35-21-17-33(18-22-35)53-54-34-19-23-36(24-20-34)56-50(60)41-26-25-40-43(47(41)51(56)61)29-44-49(59)42(31-11-5-3-6-12-31)30-46(58)52(44,32-13-7-4-8-14-32)48(40)39-27-28-45(57)38-16-10-9-15-37(38)39/h3-25,27-28,30,41,43-44,47-48,57H,26,29H2,1-2H3. The monoisotopic (exact) mass is 802 g/mol. The van der Waals surface area contributed by atoms with Gasteiger partial charge in [-0.05, 0) is 102 Å². The molecule has 1 aliphatic heterocycles. The van der Waals surface area contributed by atoms with Gasteiger partial charge in [0.2, 0.25) is 11.8 Å². The Balaban J connectivity index is 1.08. The van der Waals surface area contributed by atoms with E-state index >= 15 is 9.59 Å². The first-order valence-electron chi connectivity index (χ1n) is 20.7. The number of rotatable bonds is 7. The fourth-order valence-electron chi connectivity index (χ4n) is 10.6. The molecule has 1 saturated carbocycles. The molecule has 6 aromatic carbocycles. The lowest BCUT2D eigenvalue weighted by atomic mass is 9.44. The van der Waals surface area contributed by atoms with Crippen LogP contribution in [0.5, 0.6) is 5.75 Å². The molecule has 300 valence electrons. The first kappa shape index (κ1) is 38.0. The van der Waals surface area contributed by atoms with Gasteiger partial charge in [-0.25, -0.2) is 0 Å². The number of Topliss-reactive ketones (excluding diaryl/α,β-unsaturated/α-hetero) is 1. The number of benzene rings is 6. The molecule has 1 N–H and O–H groups in total. The lowest BCUT2D eigenvalue weighted by Crippen LogP contribution is -2.58. The Hall–Kier alpha value is -7.26. The van der Waals surface area contributed by atoms with Crippen molar-refractivity contribution in [2.45, 2.75) is 24.2 Å². The van der Waals surface area contributed by atoms with Crippen LogP contribution in [0, 0.1) is 23.7 Å². The van der Waals surface area contributed by atoms with Gasteiger partial charge in [0.25, 0.3) is 0 Å². The first-order valence-corrected chi connectivity index (χ1v) is 20.7. The smallest absolute Gasteiger partial charge is 0.238 e. The van der Waals surface area contributed by atoms with E-state index in [4.69, 9.17) is 0 Å². The van der Waals surface area contributed by atoms with Crippen molar-refractivity contribution in [2.75, 3.05) is 23.9 Å². The zero-order valence-corrected chi connectivity index (χ0v) is 33.7. The van der Waals surface area contributed by atoms with Crippen molar-refractivity contribution >= 4 is 62.5 Å². The van der Waals surface area contributed by atoms with E-state index in [1.807, 2.05) is 134 Å². The summed E-state index contributed by atoms with van der Waals surface area (Å²) in [5.41, 5.74) is 4.72. The SMILES string of the molecule is CN(C)c1ccc(N=Nc2ccc(N3C(=O)C4CC=C5C(CC6C(=O)C(c7ccccc7)=CC(=O)C6(c6ccccc6)C5c5ccc(O)c6ccccc56)C4C3=O)cc2)cc1. The van der Waals surface area contributed by atoms with E-state index in [1.54, 1.807) is 30.3 Å². The molecular weight excluding hydrogens is 761 g/mol. The molecule has 0 radical (unpaired) electrons. The van der Waals surface area contributed by atoms with E-state index in [1.165, 1.54) is 11.0 Å². The average Bonchev–Trinajstić information content (AvgIpc) is 3.56. The number of imide groups is 1. The Labute approximate surface area is 353 Å². The summed E-state index contributed by atoms with van der Waals surface area (Å²) < 4.78 is 0. The summed E-state index contributed by atoms with van der Waals surface area (Å²) in [4.78, 5) is 63.5. The highest BCUT2D eigenvalue weighted by atomic mass is 16.3. The third-order valence-electron chi connectivity index (χ3n) is 13.4. The number of allylic oxidation sites excluding steroid dienone is 4. The molecule has 10 rings (SSSR count). The maximum absolute atomic E-state index is 15.5. The fourth-order valence-corrected chi connectivity index (χ4v) is 10.6. The maximum Gasteiger partial charge on any atom is 0.238 e. The number of amides is 2. The molecule has 0 spiro atoms. The zero-order chi connectivity index (χ0) is 42.0. The molecule has 6 atom stereocenters. The molecule has 0 aromatic heterocycles. The largest absolute Gasteiger partial charge is 0.507 e. The number of nitrogens with zero attached hydrogens (tertiary/aromatic N) is 4. The number of azo groups is 1. The van der Waals surface area contributed by atoms with Gasteiger partial charge in [0, 0.05) is 42.6 Å². The first-order chi connectivity index (χ1) is 29.7. The van der Waals surface area contributed by atoms with Crippen LogP contribution in [0.1, 0.15) is 35.4 Å². The van der Waals surface area contributed by atoms with Crippen LogP contribution in [0.2, 0.25) is 0 Å². The Morgan fingerprint density at radius 2 is 1.30 bits per heavy atom. The van der Waals surface area contributed by atoms with Gasteiger partial charge in [-0.1, -0.05) is 103 Å². The number of ketones is 2. The summed E-state index contributed by atoms with van der Waals surface area (Å²) in [5, 5.41) is 21.2. The molecule has 0 bridgehead atoms. The van der Waals surface area contributed by atoms with Gasteiger partial charge in [0.1, 0.15) is 5.75 Å². The number of fused-ring (bicyclic) bond motifs is 5. The second kappa shape index (κ2) is 14.8. The van der Waals surface area contributed by atoms with Crippen LogP contribution < -0.4 is 9.80 Å². The van der Waals surface area contributed by atoms with Gasteiger partial charge in [0.15, 0.2) is 11.6 Å². The third-order valence-corrected chi connectivity index (χ3v) is 13.4. The summed E-state index contributed by atoms with van der Waals surface area (Å²) in [6, 6.07) is 44.5. The number of phenols is 1. The van der Waals surface area contributed by atoms with E-state index in [9.17, 15) is 14.7 Å². The fraction of sp³-hybridized carbons (Fsp3) is 0.192. The van der Waals surface area contributed by atoms with Crippen molar-refractivity contribution in [3.8, 4) is 5.75 Å². The number of phenolic OH excluding ortho intramolecular Hbond substituents is 1. The molecular formula is C52H42N4O5. The number of aromatic hydroxyl groups is 1. The average molecular weight is 803 g/mol. The van der Waals surface area contributed by atoms with E-state index in [0.29, 0.717) is 45.6 Å². The van der Waals surface area contributed by atoms with Crippen LogP contribution in [0.15, 0.2) is 174 Å². The van der Waals surface area contributed by atoms with Crippen molar-refractivity contribution < 1.29 is 24.3 Å². The van der Waals surface area contributed by atoms with E-state index in [-0.39, 0.29) is 35.6 Å². The van der Waals surface area contributed by atoms with Crippen molar-refractivity contribution in [1.29, 1.82) is 0 Å². The summed E-state index contributed by atoms with van der Waals surface area (Å²) >= 11 is 0. The number of carbonyl (C=O) groups excluding carboxylic acids is 4. The molecule has 9 heteroatoms. The van der Waals surface area contributed by atoms with Crippen LogP contribution in [0.25, 0.3) is 16.3 Å². The van der Waals surface area contributed by atoms with Gasteiger partial charge in [-0.2, -0.15) is 10.2 Å². The molecule has 2 amide bonds. The highest BCUT2D eigenvalue weighted by molar-refractivity contribution is 6.32. The molecule has 3 aliphatic carbocycles. The minimum Gasteiger partial charge on any atom is -0.507 e. The topological polar surface area (TPSA) is 120 Å². The molecule has 1 heterocycles. The Morgan fingerprint density at radius 3 is 1.97 bits per heavy atom. The van der Waals surface area contributed by atoms with Gasteiger partial charge in [-0.3, -0.25) is 24.1 Å². The highest BCUT2D eigenvalue weighted by Gasteiger charge is 2.66. The molecule has 4 aliphatic rings. The van der Waals surface area contributed by atoms with Gasteiger partial charge >= 0.3 is 0 Å². The van der Waals surface area contributed by atoms with E-state index in [0.717, 1.165) is 22.2 Å². The molecule has 6 unspecified atom stereocenters. The quantitative estimate of drug-likeness (QED) is 0.0975. The van der Waals surface area contributed by atoms with Crippen molar-refractivity contribution in [1.82, 2.24) is 0 Å². The molecule has 2 fully saturated rings. The van der Waals surface area contributed by atoms with Gasteiger partial charge in [-0.15, -0.1) is 0 Å². The predicted octanol–water partition coefficient (Wildman–Crippen LogP) is 10.1. The molecule has 9 nitrogen and oxygen atoms in total. The molecule has 1 saturated heterocycles. The highest BCUT2D eigenvalue weighted by Crippen LogP contribution is 2.64. The maximum atomic E-state index is 15.5. The minimum absolute atomic E-state index is 0.102. The van der Waals surface area contributed by atoms with Crippen molar-refractivity contribution in [2.24, 2.45) is 33.9 Å². The lowest BCUT2D eigenvalue weighted by Gasteiger charge is -2.55. The summed E-state index contributed by atoms with van der Waals surface area (Å²) in [6.45, 7) is 0. The molecule has 61 heavy (non-hydrogen) atoms. The van der Waals surface area contributed by atoms with E-state index in [2.05, 4.69) is 16.3 Å². The van der Waals surface area contributed by atoms with Crippen LogP contribution in [-0.2, 0) is 24.6 Å². The third kappa shape index (κ3) is 5.98. The Morgan fingerprint density at radius 1 is 0.672 bits per heavy atom. The summed E-state index contributed by atoms with van der Waals surface area (Å²) in [5.74, 6) is -4.38. The predicted molar refractivity (Wildman–Crippen MR) is 236 cm³/mol. The summed E-state index contributed by atoms with van der Waals surface area (Å²) in [7, 11) is 3.94. The Kier molecular flexibility index (Phi) is 9.20. The van der Waals surface area contributed by atoms with Crippen molar-refractivity contribution in [3.05, 3.63) is 180 Å². The number of hydrogen-bond donors (Lipinski definition) is 1. The second-order valence-electron chi connectivity index (χ2n) is 16.6. The molecule has 6 aromatic rings. The number of anilines is 2. The van der Waals surface area contributed by atoms with Crippen LogP contribution in [0.3, 0.4) is 0 Å². The Bertz CT molecular complexity index is 2850. The zero-order valence-electron chi connectivity index (χ0n) is 33.7. The van der Waals surface area contributed by atoms with Gasteiger partial charge < -0.3 is 10.0 Å². The van der Waals surface area contributed by atoms with Crippen LogP contribution >= 0.6 is 0 Å². The van der Waals surface area contributed by atoms with Crippen LogP contribution in [-0.4, -0.2) is 42.6 Å². The summed E-state index contributed by atoms with van der Waals surface area (Å²) in [6.07, 6.45) is 4.09. The number of carbonyl (C=O) groups is 4. The van der Waals surface area contributed by atoms with Gasteiger partial charge in [0.05, 0.1) is 34.3 Å². The minimum atomic E-state index is -1.38. The van der Waals surface area contributed by atoms with E-state index < -0.39 is 35.0 Å². The second-order valence-corrected chi connectivity index (χ2v) is 16.6. The van der Waals surface area contributed by atoms with Crippen molar-refractivity contribution in [3.63, 3.8) is 0 Å². The lowest BCUT2D eigenvalue weighted by molar-refractivity contribution is -0.134. The number of hydrogen-bond acceptors (Lipinski definition) is 8. The normalized spacial score (nSPS) is 24.6.